The summed E-state index contributed by atoms with van der Waals surface area (Å²) < 4.78 is 16.9. The number of ether oxygens (including phenoxy) is 3. The first-order valence-electron chi connectivity index (χ1n) is 28.7. The van der Waals surface area contributed by atoms with Crippen LogP contribution in [-0.4, -0.2) is 37.2 Å². The molecule has 0 aromatic heterocycles. The minimum atomic E-state index is -0.763. The zero-order valence-electron chi connectivity index (χ0n) is 43.9. The molecule has 0 heterocycles. The van der Waals surface area contributed by atoms with Crippen molar-refractivity contribution in [2.24, 2.45) is 11.8 Å². The SMILES string of the molecule is CCCCCCCCCCCCCCCCCCCC(=O)O[C@H](COC(=O)CCCCCCCCCCCCCCCCC(C)C)COC(=O)CCCCCCCCCCCC(C)C. The van der Waals surface area contributed by atoms with Gasteiger partial charge in [-0.15, -0.1) is 0 Å². The first-order chi connectivity index (χ1) is 31.2. The van der Waals surface area contributed by atoms with E-state index in [-0.39, 0.29) is 31.1 Å². The second-order valence-corrected chi connectivity index (χ2v) is 20.9. The smallest absolute Gasteiger partial charge is 0.306 e. The van der Waals surface area contributed by atoms with Gasteiger partial charge in [0.25, 0.3) is 0 Å². The van der Waals surface area contributed by atoms with Crippen LogP contribution >= 0.6 is 0 Å². The molecule has 0 saturated heterocycles. The van der Waals surface area contributed by atoms with Gasteiger partial charge in [0.1, 0.15) is 13.2 Å². The largest absolute Gasteiger partial charge is 0.462 e. The van der Waals surface area contributed by atoms with E-state index in [1.54, 1.807) is 0 Å². The molecule has 380 valence electrons. The van der Waals surface area contributed by atoms with Gasteiger partial charge in [-0.25, -0.2) is 0 Å². The van der Waals surface area contributed by atoms with Crippen molar-refractivity contribution in [2.75, 3.05) is 13.2 Å². The summed E-state index contributed by atoms with van der Waals surface area (Å²) in [7, 11) is 0. The van der Waals surface area contributed by atoms with Crippen molar-refractivity contribution in [3.63, 3.8) is 0 Å². The lowest BCUT2D eigenvalue weighted by Crippen LogP contribution is -2.30. The number of carbonyl (C=O) groups is 3. The van der Waals surface area contributed by atoms with Gasteiger partial charge in [0.2, 0.25) is 0 Å². The Labute approximate surface area is 399 Å². The third-order valence-corrected chi connectivity index (χ3v) is 13.2. The van der Waals surface area contributed by atoms with Crippen LogP contribution in [0.3, 0.4) is 0 Å². The molecule has 0 aliphatic heterocycles. The van der Waals surface area contributed by atoms with Gasteiger partial charge < -0.3 is 14.2 Å². The quantitative estimate of drug-likeness (QED) is 0.0344. The molecule has 6 nitrogen and oxygen atoms in total. The van der Waals surface area contributed by atoms with E-state index in [1.807, 2.05) is 0 Å². The van der Waals surface area contributed by atoms with Gasteiger partial charge in [-0.05, 0) is 31.1 Å². The molecule has 0 saturated carbocycles. The molecule has 0 unspecified atom stereocenters. The molecule has 0 bridgehead atoms. The van der Waals surface area contributed by atoms with Crippen molar-refractivity contribution in [3.8, 4) is 0 Å². The summed E-state index contributed by atoms with van der Waals surface area (Å²) in [6, 6.07) is 0. The summed E-state index contributed by atoms with van der Waals surface area (Å²) in [6.45, 7) is 11.4. The average molecular weight is 906 g/mol. The Bertz CT molecular complexity index is 978. The number of hydrogen-bond donors (Lipinski definition) is 0. The Hall–Kier alpha value is -1.59. The van der Waals surface area contributed by atoms with Crippen LogP contribution in [0.15, 0.2) is 0 Å². The van der Waals surface area contributed by atoms with Gasteiger partial charge in [0.15, 0.2) is 6.10 Å². The van der Waals surface area contributed by atoms with Crippen LogP contribution in [0.2, 0.25) is 0 Å². The van der Waals surface area contributed by atoms with Crippen LogP contribution in [0.1, 0.15) is 324 Å². The van der Waals surface area contributed by atoms with Gasteiger partial charge in [0.05, 0.1) is 0 Å². The lowest BCUT2D eigenvalue weighted by atomic mass is 10.0. The maximum atomic E-state index is 12.8. The van der Waals surface area contributed by atoms with E-state index in [1.165, 1.54) is 212 Å². The molecule has 0 amide bonds. The summed E-state index contributed by atoms with van der Waals surface area (Å²) in [5, 5.41) is 0. The van der Waals surface area contributed by atoms with Crippen LogP contribution in [0.4, 0.5) is 0 Å². The van der Waals surface area contributed by atoms with Crippen molar-refractivity contribution in [3.05, 3.63) is 0 Å². The molecule has 0 aliphatic rings. The van der Waals surface area contributed by atoms with Gasteiger partial charge in [-0.1, -0.05) is 285 Å². The predicted molar refractivity (Wildman–Crippen MR) is 275 cm³/mol. The third-order valence-electron chi connectivity index (χ3n) is 13.2. The molecular weight excluding hydrogens is 793 g/mol. The lowest BCUT2D eigenvalue weighted by molar-refractivity contribution is -0.167. The normalized spacial score (nSPS) is 12.0. The number of unbranched alkanes of at least 4 members (excludes halogenated alkanes) is 37. The highest BCUT2D eigenvalue weighted by Gasteiger charge is 2.19. The van der Waals surface area contributed by atoms with Crippen molar-refractivity contribution in [1.82, 2.24) is 0 Å². The Kier molecular flexibility index (Phi) is 49.6. The first-order valence-corrected chi connectivity index (χ1v) is 28.7. The summed E-state index contributed by atoms with van der Waals surface area (Å²) >= 11 is 0. The highest BCUT2D eigenvalue weighted by atomic mass is 16.6. The standard InChI is InChI=1S/C58H112O6/c1-6-7-8-9-10-11-12-13-14-15-16-21-24-29-35-40-45-50-58(61)64-55(52-63-57(60)49-44-39-34-30-25-27-32-37-42-47-54(4)5)51-62-56(59)48-43-38-33-28-23-20-18-17-19-22-26-31-36-41-46-53(2)3/h53-55H,6-52H2,1-5H3/t55-/m1/s1. The number of esters is 3. The zero-order chi connectivity index (χ0) is 46.8. The van der Waals surface area contributed by atoms with Crippen molar-refractivity contribution < 1.29 is 28.6 Å². The van der Waals surface area contributed by atoms with Crippen LogP contribution in [0.25, 0.3) is 0 Å². The zero-order valence-corrected chi connectivity index (χ0v) is 43.9. The third kappa shape index (κ3) is 51.4. The summed E-state index contributed by atoms with van der Waals surface area (Å²) in [5.41, 5.74) is 0. The minimum Gasteiger partial charge on any atom is -0.462 e. The maximum absolute atomic E-state index is 12.8. The van der Waals surface area contributed by atoms with E-state index in [4.69, 9.17) is 14.2 Å². The molecule has 0 fully saturated rings. The molecule has 64 heavy (non-hydrogen) atoms. The van der Waals surface area contributed by atoms with Gasteiger partial charge in [0, 0.05) is 19.3 Å². The molecule has 0 radical (unpaired) electrons. The van der Waals surface area contributed by atoms with E-state index < -0.39 is 6.10 Å². The van der Waals surface area contributed by atoms with Crippen LogP contribution < -0.4 is 0 Å². The number of carbonyl (C=O) groups excluding carboxylic acids is 3. The second-order valence-electron chi connectivity index (χ2n) is 20.9. The first kappa shape index (κ1) is 62.4. The van der Waals surface area contributed by atoms with Gasteiger partial charge in [-0.3, -0.25) is 14.4 Å². The highest BCUT2D eigenvalue weighted by Crippen LogP contribution is 2.18. The van der Waals surface area contributed by atoms with Crippen LogP contribution in [0, 0.1) is 11.8 Å². The maximum Gasteiger partial charge on any atom is 0.306 e. The Balaban J connectivity index is 4.28. The lowest BCUT2D eigenvalue weighted by Gasteiger charge is -2.18. The Morgan fingerprint density at radius 1 is 0.297 bits per heavy atom. The Morgan fingerprint density at radius 3 is 0.766 bits per heavy atom. The molecule has 0 aromatic rings. The summed E-state index contributed by atoms with van der Waals surface area (Å²) in [6.07, 6.45) is 53.8. The van der Waals surface area contributed by atoms with E-state index >= 15 is 0 Å². The molecule has 0 aliphatic carbocycles. The second kappa shape index (κ2) is 50.8. The Morgan fingerprint density at radius 2 is 0.516 bits per heavy atom. The van der Waals surface area contributed by atoms with Crippen LogP contribution in [-0.2, 0) is 28.6 Å². The monoisotopic (exact) mass is 905 g/mol. The van der Waals surface area contributed by atoms with Crippen molar-refractivity contribution in [1.29, 1.82) is 0 Å². The van der Waals surface area contributed by atoms with E-state index in [0.29, 0.717) is 19.3 Å². The van der Waals surface area contributed by atoms with Gasteiger partial charge >= 0.3 is 17.9 Å². The fourth-order valence-corrected chi connectivity index (χ4v) is 8.87. The van der Waals surface area contributed by atoms with Gasteiger partial charge in [-0.2, -0.15) is 0 Å². The molecule has 6 heteroatoms. The summed E-state index contributed by atoms with van der Waals surface area (Å²) in [4.78, 5) is 38.1. The average Bonchev–Trinajstić information content (AvgIpc) is 3.27. The fraction of sp³-hybridized carbons (Fsp3) is 0.948. The van der Waals surface area contributed by atoms with Crippen LogP contribution in [0.5, 0.6) is 0 Å². The predicted octanol–water partition coefficient (Wildman–Crippen LogP) is 18.9. The topological polar surface area (TPSA) is 78.9 Å². The van der Waals surface area contributed by atoms with Crippen molar-refractivity contribution >= 4 is 17.9 Å². The molecule has 1 atom stereocenters. The molecule has 0 N–H and O–H groups in total. The van der Waals surface area contributed by atoms with E-state index in [0.717, 1.165) is 69.6 Å². The molecule has 0 rings (SSSR count). The van der Waals surface area contributed by atoms with Crippen molar-refractivity contribution in [2.45, 2.75) is 330 Å². The number of hydrogen-bond acceptors (Lipinski definition) is 6. The van der Waals surface area contributed by atoms with E-state index in [9.17, 15) is 14.4 Å². The summed E-state index contributed by atoms with van der Waals surface area (Å²) in [5.74, 6) is 0.812. The number of rotatable bonds is 52. The highest BCUT2D eigenvalue weighted by molar-refractivity contribution is 5.71. The minimum absolute atomic E-state index is 0.0630. The molecule has 0 aromatic carbocycles. The van der Waals surface area contributed by atoms with E-state index in [2.05, 4.69) is 34.6 Å². The molecule has 0 spiro atoms. The fourth-order valence-electron chi connectivity index (χ4n) is 8.87. The molecular formula is C58H112O6.